The molecule has 5 heteroatoms. The Hall–Kier alpha value is -1.88. The van der Waals surface area contributed by atoms with Crippen LogP contribution in [0.3, 0.4) is 0 Å². The molecule has 2 aromatic rings. The molecule has 0 aromatic heterocycles. The van der Waals surface area contributed by atoms with Crippen LogP contribution in [0.4, 0.5) is 5.69 Å². The summed E-state index contributed by atoms with van der Waals surface area (Å²) >= 11 is 0. The fourth-order valence-corrected chi connectivity index (χ4v) is 3.38. The van der Waals surface area contributed by atoms with Crippen molar-refractivity contribution in [3.8, 4) is 0 Å². The topological polar surface area (TPSA) is 64.4 Å². The van der Waals surface area contributed by atoms with Gasteiger partial charge in [0.2, 0.25) is 5.91 Å². The van der Waals surface area contributed by atoms with Gasteiger partial charge in [-0.2, -0.15) is 0 Å². The van der Waals surface area contributed by atoms with Gasteiger partial charge in [0.25, 0.3) is 0 Å². The SMILES string of the molecule is Cl.N[C@@H]1CCC[C@H]1CC(=O)Nc1ccccc1COCc1ccccc1. The second-order valence-corrected chi connectivity index (χ2v) is 6.74. The van der Waals surface area contributed by atoms with E-state index in [0.717, 1.165) is 36.1 Å². The maximum Gasteiger partial charge on any atom is 0.224 e. The number of benzene rings is 2. The summed E-state index contributed by atoms with van der Waals surface area (Å²) in [6, 6.07) is 18.0. The fraction of sp³-hybridized carbons (Fsp3) is 0.381. The summed E-state index contributed by atoms with van der Waals surface area (Å²) < 4.78 is 5.81. The predicted octanol–water partition coefficient (Wildman–Crippen LogP) is 4.28. The van der Waals surface area contributed by atoms with Crippen LogP contribution in [0.2, 0.25) is 0 Å². The molecule has 1 aliphatic rings. The summed E-state index contributed by atoms with van der Waals surface area (Å²) in [5, 5.41) is 3.03. The van der Waals surface area contributed by atoms with E-state index in [0.29, 0.717) is 25.6 Å². The summed E-state index contributed by atoms with van der Waals surface area (Å²) in [4.78, 5) is 12.4. The molecule has 2 aromatic carbocycles. The first kappa shape index (κ1) is 20.4. The van der Waals surface area contributed by atoms with Crippen LogP contribution < -0.4 is 11.1 Å². The van der Waals surface area contributed by atoms with Crippen LogP contribution in [0, 0.1) is 5.92 Å². The molecule has 26 heavy (non-hydrogen) atoms. The first-order valence-corrected chi connectivity index (χ1v) is 8.97. The second-order valence-electron chi connectivity index (χ2n) is 6.74. The van der Waals surface area contributed by atoms with E-state index in [-0.39, 0.29) is 24.4 Å². The molecule has 0 saturated heterocycles. The van der Waals surface area contributed by atoms with E-state index < -0.39 is 0 Å². The summed E-state index contributed by atoms with van der Waals surface area (Å²) in [6.07, 6.45) is 3.71. The minimum atomic E-state index is 0. The van der Waals surface area contributed by atoms with Gasteiger partial charge in [-0.1, -0.05) is 55.0 Å². The largest absolute Gasteiger partial charge is 0.372 e. The Morgan fingerprint density at radius 2 is 1.77 bits per heavy atom. The summed E-state index contributed by atoms with van der Waals surface area (Å²) in [7, 11) is 0. The molecule has 0 bridgehead atoms. The zero-order valence-corrected chi connectivity index (χ0v) is 15.7. The van der Waals surface area contributed by atoms with Crippen molar-refractivity contribution in [2.24, 2.45) is 11.7 Å². The number of hydrogen-bond donors (Lipinski definition) is 2. The molecular formula is C21H27ClN2O2. The van der Waals surface area contributed by atoms with Gasteiger partial charge < -0.3 is 15.8 Å². The van der Waals surface area contributed by atoms with Crippen LogP contribution in [0.1, 0.15) is 36.8 Å². The standard InChI is InChI=1S/C21H26N2O2.ClH/c22-19-11-6-10-17(19)13-21(24)23-20-12-5-4-9-18(20)15-25-14-16-7-2-1-3-8-16;/h1-5,7-9,12,17,19H,6,10-11,13-15,22H2,(H,23,24);1H/t17-,19+;/m0./s1. The number of carbonyl (C=O) groups excluding carboxylic acids is 1. The molecule has 0 heterocycles. The fourth-order valence-electron chi connectivity index (χ4n) is 3.38. The van der Waals surface area contributed by atoms with E-state index in [1.165, 1.54) is 0 Å². The Balaban J connectivity index is 0.00000243. The number of nitrogens with one attached hydrogen (secondary N) is 1. The van der Waals surface area contributed by atoms with Gasteiger partial charge in [0, 0.05) is 23.7 Å². The molecule has 0 aliphatic heterocycles. The van der Waals surface area contributed by atoms with Crippen molar-refractivity contribution in [3.05, 3.63) is 65.7 Å². The van der Waals surface area contributed by atoms with Gasteiger partial charge in [-0.05, 0) is 30.4 Å². The first-order chi connectivity index (χ1) is 12.2. The smallest absolute Gasteiger partial charge is 0.224 e. The van der Waals surface area contributed by atoms with Crippen molar-refractivity contribution in [2.75, 3.05) is 5.32 Å². The zero-order valence-electron chi connectivity index (χ0n) is 14.9. The van der Waals surface area contributed by atoms with Gasteiger partial charge in [0.15, 0.2) is 0 Å². The lowest BCUT2D eigenvalue weighted by atomic mass is 10.00. The predicted molar refractivity (Wildman–Crippen MR) is 107 cm³/mol. The summed E-state index contributed by atoms with van der Waals surface area (Å²) in [6.45, 7) is 1.02. The van der Waals surface area contributed by atoms with Gasteiger partial charge >= 0.3 is 0 Å². The maximum absolute atomic E-state index is 12.4. The highest BCUT2D eigenvalue weighted by molar-refractivity contribution is 5.91. The lowest BCUT2D eigenvalue weighted by molar-refractivity contribution is -0.117. The molecule has 4 nitrogen and oxygen atoms in total. The Labute approximate surface area is 161 Å². The average Bonchev–Trinajstić information content (AvgIpc) is 3.02. The third-order valence-corrected chi connectivity index (χ3v) is 4.83. The zero-order chi connectivity index (χ0) is 17.5. The quantitative estimate of drug-likeness (QED) is 0.760. The number of nitrogens with two attached hydrogens (primary N) is 1. The number of carbonyl (C=O) groups is 1. The molecule has 0 radical (unpaired) electrons. The lowest BCUT2D eigenvalue weighted by Gasteiger charge is -2.16. The molecule has 3 N–H and O–H groups in total. The Morgan fingerprint density at radius 3 is 2.50 bits per heavy atom. The van der Waals surface area contributed by atoms with Gasteiger partial charge in [-0.15, -0.1) is 12.4 Å². The second kappa shape index (κ2) is 10.3. The molecule has 0 spiro atoms. The molecule has 1 saturated carbocycles. The summed E-state index contributed by atoms with van der Waals surface area (Å²) in [5.74, 6) is 0.347. The van der Waals surface area contributed by atoms with Crippen LogP contribution >= 0.6 is 12.4 Å². The molecule has 1 amide bonds. The highest BCUT2D eigenvalue weighted by Gasteiger charge is 2.26. The molecule has 1 aliphatic carbocycles. The molecule has 140 valence electrons. The number of anilines is 1. The van der Waals surface area contributed by atoms with Crippen LogP contribution in [-0.2, 0) is 22.7 Å². The van der Waals surface area contributed by atoms with E-state index in [2.05, 4.69) is 5.32 Å². The minimum Gasteiger partial charge on any atom is -0.372 e. The normalized spacial score (nSPS) is 19.0. The average molecular weight is 375 g/mol. The van der Waals surface area contributed by atoms with Crippen LogP contribution in [0.15, 0.2) is 54.6 Å². The van der Waals surface area contributed by atoms with Crippen LogP contribution in [-0.4, -0.2) is 11.9 Å². The van der Waals surface area contributed by atoms with Gasteiger partial charge in [-0.25, -0.2) is 0 Å². The van der Waals surface area contributed by atoms with Gasteiger partial charge in [0.05, 0.1) is 13.2 Å². The van der Waals surface area contributed by atoms with Crippen LogP contribution in [0.25, 0.3) is 0 Å². The van der Waals surface area contributed by atoms with Crippen LogP contribution in [0.5, 0.6) is 0 Å². The van der Waals surface area contributed by atoms with Crippen molar-refractivity contribution >= 4 is 24.0 Å². The number of hydrogen-bond acceptors (Lipinski definition) is 3. The van der Waals surface area contributed by atoms with E-state index in [1.807, 2.05) is 54.6 Å². The third-order valence-electron chi connectivity index (χ3n) is 4.83. The maximum atomic E-state index is 12.4. The molecule has 3 rings (SSSR count). The lowest BCUT2D eigenvalue weighted by Crippen LogP contribution is -2.28. The van der Waals surface area contributed by atoms with E-state index in [1.54, 1.807) is 0 Å². The molecule has 1 fully saturated rings. The number of halogens is 1. The molecule has 0 unspecified atom stereocenters. The highest BCUT2D eigenvalue weighted by atomic mass is 35.5. The van der Waals surface area contributed by atoms with Crippen molar-refractivity contribution in [3.63, 3.8) is 0 Å². The van der Waals surface area contributed by atoms with E-state index >= 15 is 0 Å². The monoisotopic (exact) mass is 374 g/mol. The van der Waals surface area contributed by atoms with Crippen molar-refractivity contribution < 1.29 is 9.53 Å². The number of ether oxygens (including phenoxy) is 1. The highest BCUT2D eigenvalue weighted by Crippen LogP contribution is 2.27. The summed E-state index contributed by atoms with van der Waals surface area (Å²) in [5.41, 5.74) is 9.02. The molecular weight excluding hydrogens is 348 g/mol. The van der Waals surface area contributed by atoms with Crippen molar-refractivity contribution in [2.45, 2.75) is 44.9 Å². The number of rotatable bonds is 7. The van der Waals surface area contributed by atoms with E-state index in [9.17, 15) is 4.79 Å². The Morgan fingerprint density at radius 1 is 1.04 bits per heavy atom. The number of para-hydroxylation sites is 1. The first-order valence-electron chi connectivity index (χ1n) is 8.97. The van der Waals surface area contributed by atoms with E-state index in [4.69, 9.17) is 10.5 Å². The van der Waals surface area contributed by atoms with Crippen molar-refractivity contribution in [1.29, 1.82) is 0 Å². The molecule has 2 atom stereocenters. The van der Waals surface area contributed by atoms with Gasteiger partial charge in [-0.3, -0.25) is 4.79 Å². The van der Waals surface area contributed by atoms with Gasteiger partial charge in [0.1, 0.15) is 0 Å². The minimum absolute atomic E-state index is 0. The Bertz CT molecular complexity index is 693. The number of amides is 1. The Kier molecular flexibility index (Phi) is 8.10. The van der Waals surface area contributed by atoms with Crippen molar-refractivity contribution in [1.82, 2.24) is 0 Å². The third kappa shape index (κ3) is 5.84.